The quantitative estimate of drug-likeness (QED) is 0.360. The van der Waals surface area contributed by atoms with E-state index in [0.717, 1.165) is 5.69 Å². The monoisotopic (exact) mass is 453 g/mol. The van der Waals surface area contributed by atoms with Crippen LogP contribution in [0.15, 0.2) is 66.9 Å². The van der Waals surface area contributed by atoms with E-state index in [4.69, 9.17) is 9.72 Å². The van der Waals surface area contributed by atoms with Crippen molar-refractivity contribution in [2.45, 2.75) is 13.8 Å². The van der Waals surface area contributed by atoms with Gasteiger partial charge < -0.3 is 4.74 Å². The van der Waals surface area contributed by atoms with Crippen LogP contribution in [0.5, 0.6) is 0 Å². The number of hydrogen-bond acceptors (Lipinski definition) is 6. The second kappa shape index (κ2) is 8.82. The minimum Gasteiger partial charge on any atom is -0.462 e. The third kappa shape index (κ3) is 3.90. The molecule has 0 bridgehead atoms. The molecule has 0 saturated heterocycles. The van der Waals surface area contributed by atoms with Gasteiger partial charge in [-0.2, -0.15) is 5.10 Å². The number of hydrogen-bond donors (Lipinski definition) is 1. The number of fused-ring (bicyclic) bond motifs is 1. The number of aromatic nitrogens is 5. The number of aromatic amines is 1. The zero-order valence-electron chi connectivity index (χ0n) is 18.5. The Hall–Kier alpha value is -4.46. The van der Waals surface area contributed by atoms with E-state index in [9.17, 15) is 9.18 Å². The molecule has 4 aromatic heterocycles. The molecule has 1 N–H and O–H groups in total. The first-order chi connectivity index (χ1) is 16.5. The zero-order valence-corrected chi connectivity index (χ0v) is 18.5. The van der Waals surface area contributed by atoms with Gasteiger partial charge in [-0.1, -0.05) is 18.2 Å². The van der Waals surface area contributed by atoms with Crippen LogP contribution in [0.25, 0.3) is 44.9 Å². The highest BCUT2D eigenvalue weighted by Gasteiger charge is 2.22. The summed E-state index contributed by atoms with van der Waals surface area (Å²) in [6.07, 6.45) is 1.55. The first-order valence-electron chi connectivity index (χ1n) is 10.8. The molecule has 5 aromatic rings. The van der Waals surface area contributed by atoms with Gasteiger partial charge in [-0.05, 0) is 56.3 Å². The fourth-order valence-electron chi connectivity index (χ4n) is 3.84. The molecule has 0 spiro atoms. The van der Waals surface area contributed by atoms with E-state index in [0.29, 0.717) is 50.5 Å². The van der Waals surface area contributed by atoms with E-state index < -0.39 is 5.97 Å². The molecule has 0 unspecified atom stereocenters. The standard InChI is InChI=1S/C26H20FN5O2/c1-3-34-26(33)18-12-13-28-20-11-10-19(30-24(18)20)22-23(16-7-5-8-17(27)14-16)31-32-25(22)21-9-4-6-15(2)29-21/h4-14H,3H2,1-2H3,(H,31,32). The summed E-state index contributed by atoms with van der Waals surface area (Å²) >= 11 is 0. The van der Waals surface area contributed by atoms with Crippen molar-refractivity contribution in [3.8, 4) is 33.9 Å². The summed E-state index contributed by atoms with van der Waals surface area (Å²) in [7, 11) is 0. The van der Waals surface area contributed by atoms with Crippen molar-refractivity contribution in [1.82, 2.24) is 25.1 Å². The summed E-state index contributed by atoms with van der Waals surface area (Å²) < 4.78 is 19.3. The molecule has 0 aliphatic rings. The summed E-state index contributed by atoms with van der Waals surface area (Å²) in [6.45, 7) is 3.89. The molecule has 4 heterocycles. The Morgan fingerprint density at radius 3 is 2.68 bits per heavy atom. The number of carbonyl (C=O) groups is 1. The number of nitrogens with one attached hydrogen (secondary N) is 1. The first kappa shape index (κ1) is 21.4. The second-order valence-electron chi connectivity index (χ2n) is 7.64. The summed E-state index contributed by atoms with van der Waals surface area (Å²) in [4.78, 5) is 26.3. The summed E-state index contributed by atoms with van der Waals surface area (Å²) in [5, 5.41) is 7.56. The SMILES string of the molecule is CCOC(=O)c1ccnc2ccc(-c3c(-c4cccc(C)n4)n[nH]c3-c3cccc(F)c3)nc12. The number of nitrogens with zero attached hydrogens (tertiary/aromatic N) is 4. The third-order valence-corrected chi connectivity index (χ3v) is 5.35. The smallest absolute Gasteiger partial charge is 0.340 e. The molecule has 8 heteroatoms. The fraction of sp³-hybridized carbons (Fsp3) is 0.115. The Bertz CT molecular complexity index is 1470. The Kier molecular flexibility index (Phi) is 5.55. The van der Waals surface area contributed by atoms with Gasteiger partial charge in [0.05, 0.1) is 40.3 Å². The Morgan fingerprint density at radius 2 is 1.88 bits per heavy atom. The van der Waals surface area contributed by atoms with Gasteiger partial charge in [0.1, 0.15) is 17.0 Å². The number of carbonyl (C=O) groups excluding carboxylic acids is 1. The van der Waals surface area contributed by atoms with Gasteiger partial charge in [-0.25, -0.2) is 14.2 Å². The van der Waals surface area contributed by atoms with Crippen molar-refractivity contribution >= 4 is 17.0 Å². The van der Waals surface area contributed by atoms with Crippen LogP contribution in [0.2, 0.25) is 0 Å². The maximum Gasteiger partial charge on any atom is 0.340 e. The van der Waals surface area contributed by atoms with Crippen molar-refractivity contribution in [3.63, 3.8) is 0 Å². The van der Waals surface area contributed by atoms with Crippen molar-refractivity contribution in [3.05, 3.63) is 83.9 Å². The number of aryl methyl sites for hydroxylation is 1. The maximum atomic E-state index is 14.1. The summed E-state index contributed by atoms with van der Waals surface area (Å²) in [6, 6.07) is 17.1. The lowest BCUT2D eigenvalue weighted by Crippen LogP contribution is -2.06. The molecule has 0 fully saturated rings. The molecule has 34 heavy (non-hydrogen) atoms. The van der Waals surface area contributed by atoms with Crippen molar-refractivity contribution in [2.75, 3.05) is 6.61 Å². The first-order valence-corrected chi connectivity index (χ1v) is 10.8. The molecule has 0 aliphatic carbocycles. The minimum atomic E-state index is -0.474. The number of ether oxygens (including phenoxy) is 1. The predicted octanol–water partition coefficient (Wildman–Crippen LogP) is 5.37. The molecule has 7 nitrogen and oxygen atoms in total. The average molecular weight is 453 g/mol. The van der Waals surface area contributed by atoms with Gasteiger partial charge in [0.15, 0.2) is 0 Å². The Labute approximate surface area is 194 Å². The number of benzene rings is 1. The van der Waals surface area contributed by atoms with E-state index >= 15 is 0 Å². The molecular weight excluding hydrogens is 433 g/mol. The molecule has 0 radical (unpaired) electrons. The fourth-order valence-corrected chi connectivity index (χ4v) is 3.84. The molecular formula is C26H20FN5O2. The largest absolute Gasteiger partial charge is 0.462 e. The molecule has 168 valence electrons. The van der Waals surface area contributed by atoms with Gasteiger partial charge in [0.2, 0.25) is 0 Å². The molecule has 0 aliphatic heterocycles. The van der Waals surface area contributed by atoms with Crippen molar-refractivity contribution < 1.29 is 13.9 Å². The van der Waals surface area contributed by atoms with Crippen LogP contribution < -0.4 is 0 Å². The molecule has 0 saturated carbocycles. The van der Waals surface area contributed by atoms with E-state index in [2.05, 4.69) is 20.2 Å². The van der Waals surface area contributed by atoms with Crippen LogP contribution in [0, 0.1) is 12.7 Å². The molecule has 0 amide bonds. The van der Waals surface area contributed by atoms with Gasteiger partial charge in [-0.3, -0.25) is 15.1 Å². The van der Waals surface area contributed by atoms with E-state index in [1.165, 1.54) is 12.1 Å². The maximum absolute atomic E-state index is 14.1. The lowest BCUT2D eigenvalue weighted by molar-refractivity contribution is 0.0528. The highest BCUT2D eigenvalue weighted by atomic mass is 19.1. The zero-order chi connectivity index (χ0) is 23.7. The van der Waals surface area contributed by atoms with Gasteiger partial charge in [-0.15, -0.1) is 0 Å². The van der Waals surface area contributed by atoms with Crippen LogP contribution in [0.4, 0.5) is 4.39 Å². The highest BCUT2D eigenvalue weighted by molar-refractivity contribution is 6.02. The summed E-state index contributed by atoms with van der Waals surface area (Å²) in [5.41, 5.74) is 5.71. The van der Waals surface area contributed by atoms with E-state index in [-0.39, 0.29) is 12.4 Å². The van der Waals surface area contributed by atoms with Gasteiger partial charge >= 0.3 is 5.97 Å². The van der Waals surface area contributed by atoms with E-state index in [1.54, 1.807) is 43.5 Å². The Morgan fingerprint density at radius 1 is 1.03 bits per heavy atom. The number of pyridine rings is 3. The van der Waals surface area contributed by atoms with Gasteiger partial charge in [0, 0.05) is 17.5 Å². The van der Waals surface area contributed by atoms with Crippen molar-refractivity contribution in [1.29, 1.82) is 0 Å². The number of rotatable bonds is 5. The van der Waals surface area contributed by atoms with Crippen LogP contribution in [-0.4, -0.2) is 37.7 Å². The number of halogens is 1. The second-order valence-corrected chi connectivity index (χ2v) is 7.64. The summed E-state index contributed by atoms with van der Waals surface area (Å²) in [5.74, 6) is -0.841. The Balaban J connectivity index is 1.77. The number of esters is 1. The van der Waals surface area contributed by atoms with Crippen LogP contribution in [-0.2, 0) is 4.74 Å². The van der Waals surface area contributed by atoms with E-state index in [1.807, 2.05) is 25.1 Å². The topological polar surface area (TPSA) is 93.6 Å². The molecule has 1 aromatic carbocycles. The molecule has 0 atom stereocenters. The highest BCUT2D eigenvalue weighted by Crippen LogP contribution is 2.37. The lowest BCUT2D eigenvalue weighted by atomic mass is 10.0. The average Bonchev–Trinajstić information content (AvgIpc) is 3.29. The van der Waals surface area contributed by atoms with Crippen LogP contribution in [0.1, 0.15) is 23.0 Å². The van der Waals surface area contributed by atoms with Crippen LogP contribution in [0.3, 0.4) is 0 Å². The van der Waals surface area contributed by atoms with Gasteiger partial charge in [0.25, 0.3) is 0 Å². The lowest BCUT2D eigenvalue weighted by Gasteiger charge is -2.10. The minimum absolute atomic E-state index is 0.247. The normalized spacial score (nSPS) is 11.0. The number of H-pyrrole nitrogens is 1. The van der Waals surface area contributed by atoms with Crippen LogP contribution >= 0.6 is 0 Å². The molecule has 5 rings (SSSR count). The third-order valence-electron chi connectivity index (χ3n) is 5.35. The predicted molar refractivity (Wildman–Crippen MR) is 126 cm³/mol. The van der Waals surface area contributed by atoms with Crippen molar-refractivity contribution in [2.24, 2.45) is 0 Å².